The van der Waals surface area contributed by atoms with Gasteiger partial charge in [0.15, 0.2) is 6.61 Å². The Balaban J connectivity index is 1.74. The number of fused-ring (bicyclic) bond motifs is 1. The molecule has 0 aliphatic heterocycles. The van der Waals surface area contributed by atoms with E-state index in [1.54, 1.807) is 0 Å². The molecule has 0 saturated carbocycles. The van der Waals surface area contributed by atoms with Gasteiger partial charge in [0.2, 0.25) is 0 Å². The molecule has 0 radical (unpaired) electrons. The molecular weight excluding hydrogens is 298 g/mol. The first-order valence-corrected chi connectivity index (χ1v) is 8.03. The minimum atomic E-state index is -0.161. The van der Waals surface area contributed by atoms with Gasteiger partial charge in [-0.2, -0.15) is 0 Å². The van der Waals surface area contributed by atoms with Crippen LogP contribution in [0, 0.1) is 20.8 Å². The lowest BCUT2D eigenvalue weighted by atomic mass is 10.1. The van der Waals surface area contributed by atoms with E-state index in [1.807, 2.05) is 69.3 Å². The van der Waals surface area contributed by atoms with Crippen LogP contribution in [-0.2, 0) is 4.79 Å². The van der Waals surface area contributed by atoms with E-state index in [-0.39, 0.29) is 12.5 Å². The Labute approximate surface area is 142 Å². The highest BCUT2D eigenvalue weighted by Gasteiger charge is 2.10. The fraction of sp³-hybridized carbons (Fsp3) is 0.190. The van der Waals surface area contributed by atoms with Crippen molar-refractivity contribution in [2.24, 2.45) is 0 Å². The van der Waals surface area contributed by atoms with Gasteiger partial charge < -0.3 is 10.1 Å². The number of nitrogens with one attached hydrogen (secondary N) is 1. The quantitative estimate of drug-likeness (QED) is 0.751. The van der Waals surface area contributed by atoms with E-state index in [0.29, 0.717) is 0 Å². The van der Waals surface area contributed by atoms with E-state index in [4.69, 9.17) is 4.74 Å². The zero-order valence-electron chi connectivity index (χ0n) is 14.2. The normalized spacial score (nSPS) is 10.6. The van der Waals surface area contributed by atoms with E-state index in [9.17, 15) is 4.79 Å². The second kappa shape index (κ2) is 6.75. The standard InChI is InChI=1S/C21H21NO2/c1-14-11-12-15(2)21(16(14)3)24-13-20(23)22-19-10-6-8-17-7-4-5-9-18(17)19/h4-12H,13H2,1-3H3,(H,22,23). The number of hydrogen-bond acceptors (Lipinski definition) is 2. The highest BCUT2D eigenvalue weighted by molar-refractivity contribution is 6.02. The Morgan fingerprint density at radius 2 is 1.62 bits per heavy atom. The van der Waals surface area contributed by atoms with Crippen molar-refractivity contribution in [3.8, 4) is 5.75 Å². The molecule has 0 aromatic heterocycles. The Bertz CT molecular complexity index is 894. The first kappa shape index (κ1) is 16.1. The van der Waals surface area contributed by atoms with Gasteiger partial charge in [-0.1, -0.05) is 48.5 Å². The van der Waals surface area contributed by atoms with Gasteiger partial charge in [0, 0.05) is 11.1 Å². The Kier molecular flexibility index (Phi) is 4.52. The fourth-order valence-corrected chi connectivity index (χ4v) is 2.81. The van der Waals surface area contributed by atoms with Crippen LogP contribution in [0.15, 0.2) is 54.6 Å². The van der Waals surface area contributed by atoms with Gasteiger partial charge in [0.05, 0.1) is 0 Å². The maximum absolute atomic E-state index is 12.3. The highest BCUT2D eigenvalue weighted by atomic mass is 16.5. The monoisotopic (exact) mass is 319 g/mol. The SMILES string of the molecule is Cc1ccc(C)c(OCC(=O)Nc2cccc3ccccc23)c1C. The predicted octanol–water partition coefficient (Wildman–Crippen LogP) is 4.78. The first-order valence-electron chi connectivity index (χ1n) is 8.03. The summed E-state index contributed by atoms with van der Waals surface area (Å²) in [6, 6.07) is 17.9. The lowest BCUT2D eigenvalue weighted by Crippen LogP contribution is -2.21. The maximum atomic E-state index is 12.3. The molecule has 3 aromatic carbocycles. The minimum absolute atomic E-state index is 0.00560. The van der Waals surface area contributed by atoms with Crippen LogP contribution in [0.4, 0.5) is 5.69 Å². The highest BCUT2D eigenvalue weighted by Crippen LogP contribution is 2.26. The van der Waals surface area contributed by atoms with Crippen LogP contribution in [0.25, 0.3) is 10.8 Å². The number of ether oxygens (including phenoxy) is 1. The van der Waals surface area contributed by atoms with E-state index < -0.39 is 0 Å². The molecule has 0 atom stereocenters. The first-order chi connectivity index (χ1) is 11.6. The Morgan fingerprint density at radius 3 is 2.46 bits per heavy atom. The summed E-state index contributed by atoms with van der Waals surface area (Å²) in [4.78, 5) is 12.3. The molecule has 0 heterocycles. The largest absolute Gasteiger partial charge is 0.483 e. The molecule has 1 N–H and O–H groups in total. The van der Waals surface area contributed by atoms with Crippen LogP contribution >= 0.6 is 0 Å². The number of rotatable bonds is 4. The summed E-state index contributed by atoms with van der Waals surface area (Å²) in [5.41, 5.74) is 4.08. The molecule has 3 nitrogen and oxygen atoms in total. The second-order valence-electron chi connectivity index (χ2n) is 6.02. The van der Waals surface area contributed by atoms with Gasteiger partial charge in [-0.15, -0.1) is 0 Å². The molecule has 1 amide bonds. The van der Waals surface area contributed by atoms with Crippen LogP contribution in [0.3, 0.4) is 0 Å². The third kappa shape index (κ3) is 3.25. The molecule has 0 unspecified atom stereocenters. The number of anilines is 1. The smallest absolute Gasteiger partial charge is 0.262 e. The molecule has 122 valence electrons. The Morgan fingerprint density at radius 1 is 0.917 bits per heavy atom. The van der Waals surface area contributed by atoms with Crippen molar-refractivity contribution in [1.82, 2.24) is 0 Å². The molecule has 3 rings (SSSR count). The number of amides is 1. The van der Waals surface area contributed by atoms with Crippen molar-refractivity contribution in [2.75, 3.05) is 11.9 Å². The van der Waals surface area contributed by atoms with Crippen LogP contribution < -0.4 is 10.1 Å². The van der Waals surface area contributed by atoms with E-state index >= 15 is 0 Å². The third-order valence-corrected chi connectivity index (χ3v) is 4.28. The van der Waals surface area contributed by atoms with Crippen molar-refractivity contribution < 1.29 is 9.53 Å². The Hall–Kier alpha value is -2.81. The van der Waals surface area contributed by atoms with Crippen molar-refractivity contribution in [2.45, 2.75) is 20.8 Å². The number of aryl methyl sites for hydroxylation is 2. The zero-order valence-corrected chi connectivity index (χ0v) is 14.2. The molecule has 0 bridgehead atoms. The van der Waals surface area contributed by atoms with E-state index in [1.165, 1.54) is 0 Å². The number of hydrogen-bond donors (Lipinski definition) is 1. The molecule has 3 heteroatoms. The van der Waals surface area contributed by atoms with Gasteiger partial charge in [-0.3, -0.25) is 4.79 Å². The average Bonchev–Trinajstić information content (AvgIpc) is 2.59. The molecular formula is C21H21NO2. The van der Waals surface area contributed by atoms with Gasteiger partial charge in [0.1, 0.15) is 5.75 Å². The lowest BCUT2D eigenvalue weighted by molar-refractivity contribution is -0.118. The molecule has 3 aromatic rings. The topological polar surface area (TPSA) is 38.3 Å². The van der Waals surface area contributed by atoms with Crippen LogP contribution in [0.5, 0.6) is 5.75 Å². The lowest BCUT2D eigenvalue weighted by Gasteiger charge is -2.14. The molecule has 0 saturated heterocycles. The van der Waals surface area contributed by atoms with Crippen molar-refractivity contribution >= 4 is 22.4 Å². The zero-order chi connectivity index (χ0) is 17.1. The minimum Gasteiger partial charge on any atom is -0.483 e. The van der Waals surface area contributed by atoms with Crippen LogP contribution in [-0.4, -0.2) is 12.5 Å². The average molecular weight is 319 g/mol. The molecule has 0 aliphatic carbocycles. The van der Waals surface area contributed by atoms with E-state index in [2.05, 4.69) is 11.4 Å². The maximum Gasteiger partial charge on any atom is 0.262 e. The van der Waals surface area contributed by atoms with Gasteiger partial charge in [-0.25, -0.2) is 0 Å². The number of carbonyl (C=O) groups excluding carboxylic acids is 1. The number of benzene rings is 3. The number of carbonyl (C=O) groups is 1. The molecule has 0 aliphatic rings. The van der Waals surface area contributed by atoms with Crippen LogP contribution in [0.1, 0.15) is 16.7 Å². The van der Waals surface area contributed by atoms with Crippen molar-refractivity contribution in [3.63, 3.8) is 0 Å². The van der Waals surface area contributed by atoms with Crippen molar-refractivity contribution in [3.05, 3.63) is 71.3 Å². The summed E-state index contributed by atoms with van der Waals surface area (Å²) in [6.07, 6.45) is 0. The summed E-state index contributed by atoms with van der Waals surface area (Å²) >= 11 is 0. The second-order valence-corrected chi connectivity index (χ2v) is 6.02. The van der Waals surface area contributed by atoms with Gasteiger partial charge >= 0.3 is 0 Å². The predicted molar refractivity (Wildman–Crippen MR) is 98.7 cm³/mol. The van der Waals surface area contributed by atoms with E-state index in [0.717, 1.165) is 38.9 Å². The summed E-state index contributed by atoms with van der Waals surface area (Å²) < 4.78 is 5.78. The summed E-state index contributed by atoms with van der Waals surface area (Å²) in [5.74, 6) is 0.634. The van der Waals surface area contributed by atoms with Gasteiger partial charge in [0.25, 0.3) is 5.91 Å². The van der Waals surface area contributed by atoms with Crippen LogP contribution in [0.2, 0.25) is 0 Å². The third-order valence-electron chi connectivity index (χ3n) is 4.28. The molecule has 24 heavy (non-hydrogen) atoms. The molecule has 0 fully saturated rings. The van der Waals surface area contributed by atoms with Gasteiger partial charge in [-0.05, 0) is 48.9 Å². The summed E-state index contributed by atoms with van der Waals surface area (Å²) in [6.45, 7) is 6.04. The summed E-state index contributed by atoms with van der Waals surface area (Å²) in [7, 11) is 0. The fourth-order valence-electron chi connectivity index (χ4n) is 2.81. The van der Waals surface area contributed by atoms with Crippen molar-refractivity contribution in [1.29, 1.82) is 0 Å². The summed E-state index contributed by atoms with van der Waals surface area (Å²) in [5, 5.41) is 5.07. The molecule has 0 spiro atoms.